The molecular weight excluding hydrogens is 270 g/mol. The first-order chi connectivity index (χ1) is 9.47. The number of hydrogen-bond donors (Lipinski definition) is 2. The summed E-state index contributed by atoms with van der Waals surface area (Å²) in [6, 6.07) is 1.98. The summed E-state index contributed by atoms with van der Waals surface area (Å²) in [6.45, 7) is 10.0. The summed E-state index contributed by atoms with van der Waals surface area (Å²) >= 11 is 1.52. The number of piperidine rings is 1. The maximum atomic E-state index is 11.6. The van der Waals surface area contributed by atoms with Gasteiger partial charge < -0.3 is 0 Å². The van der Waals surface area contributed by atoms with Gasteiger partial charge in [0.2, 0.25) is 0 Å². The number of nitrogen functional groups attached to an aromatic ring is 1. The van der Waals surface area contributed by atoms with Crippen LogP contribution in [0.2, 0.25) is 0 Å². The van der Waals surface area contributed by atoms with Gasteiger partial charge >= 0.3 is 0 Å². The molecule has 5 heteroatoms. The molecule has 2 rings (SSSR count). The molecule has 20 heavy (non-hydrogen) atoms. The second-order valence-electron chi connectivity index (χ2n) is 6.11. The highest BCUT2D eigenvalue weighted by Gasteiger charge is 2.28. The van der Waals surface area contributed by atoms with Crippen LogP contribution in [0.25, 0.3) is 0 Å². The minimum Gasteiger partial charge on any atom is -0.299 e. The van der Waals surface area contributed by atoms with Crippen LogP contribution in [0.15, 0.2) is 6.07 Å². The zero-order valence-electron chi connectivity index (χ0n) is 12.7. The van der Waals surface area contributed by atoms with Crippen LogP contribution >= 0.6 is 11.3 Å². The van der Waals surface area contributed by atoms with E-state index in [1.165, 1.54) is 41.0 Å². The van der Waals surface area contributed by atoms with Crippen molar-refractivity contribution in [3.05, 3.63) is 21.4 Å². The number of carbonyl (C=O) groups is 1. The third-order valence-corrected chi connectivity index (χ3v) is 5.78. The number of likely N-dealkylation sites (tertiary alicyclic amines) is 1. The summed E-state index contributed by atoms with van der Waals surface area (Å²) in [5.41, 5.74) is 3.98. The Morgan fingerprint density at radius 2 is 2.15 bits per heavy atom. The minimum atomic E-state index is -0.193. The maximum Gasteiger partial charge on any atom is 0.275 e. The van der Waals surface area contributed by atoms with Crippen LogP contribution in [-0.2, 0) is 6.54 Å². The van der Waals surface area contributed by atoms with Crippen LogP contribution in [0.1, 0.15) is 53.2 Å². The first kappa shape index (κ1) is 15.5. The Hall–Kier alpha value is -0.910. The number of amides is 1. The normalized spacial score (nSPS) is 19.0. The summed E-state index contributed by atoms with van der Waals surface area (Å²) in [6.07, 6.45) is 3.80. The van der Waals surface area contributed by atoms with Crippen LogP contribution in [0.3, 0.4) is 0 Å². The molecule has 1 amide bonds. The molecule has 1 aliphatic rings. The molecule has 0 aliphatic carbocycles. The number of hydrazine groups is 1. The van der Waals surface area contributed by atoms with Crippen molar-refractivity contribution in [3.8, 4) is 0 Å². The molecule has 1 aromatic heterocycles. The highest BCUT2D eigenvalue weighted by atomic mass is 32.1. The van der Waals surface area contributed by atoms with Crippen molar-refractivity contribution in [2.45, 2.75) is 46.6 Å². The molecule has 2 heterocycles. The average Bonchev–Trinajstić information content (AvgIpc) is 2.82. The van der Waals surface area contributed by atoms with Crippen molar-refractivity contribution in [2.24, 2.45) is 11.3 Å². The number of nitrogens with two attached hydrogens (primary N) is 1. The molecule has 1 fully saturated rings. The van der Waals surface area contributed by atoms with Gasteiger partial charge in [0, 0.05) is 11.4 Å². The quantitative estimate of drug-likeness (QED) is 0.510. The molecule has 4 nitrogen and oxygen atoms in total. The van der Waals surface area contributed by atoms with E-state index in [2.05, 4.69) is 31.1 Å². The third-order valence-electron chi connectivity index (χ3n) is 4.69. The largest absolute Gasteiger partial charge is 0.299 e. The number of thiophene rings is 1. The molecule has 0 bridgehead atoms. The van der Waals surface area contributed by atoms with Crippen molar-refractivity contribution in [1.29, 1.82) is 0 Å². The molecule has 112 valence electrons. The lowest BCUT2D eigenvalue weighted by atomic mass is 9.78. The van der Waals surface area contributed by atoms with Gasteiger partial charge in [-0.3, -0.25) is 15.1 Å². The number of nitrogens with zero attached hydrogens (tertiary/aromatic N) is 1. The van der Waals surface area contributed by atoms with Crippen LogP contribution in [-0.4, -0.2) is 23.9 Å². The van der Waals surface area contributed by atoms with Crippen molar-refractivity contribution in [2.75, 3.05) is 13.1 Å². The Kier molecular flexibility index (Phi) is 4.83. The van der Waals surface area contributed by atoms with Gasteiger partial charge in [-0.25, -0.2) is 5.84 Å². The Morgan fingerprint density at radius 1 is 1.50 bits per heavy atom. The van der Waals surface area contributed by atoms with Gasteiger partial charge in [0.25, 0.3) is 5.91 Å². The SMILES string of the molecule is CCC1(C)CCN(Cc2cc(C(=O)NN)sc2C)CC1. The monoisotopic (exact) mass is 295 g/mol. The van der Waals surface area contributed by atoms with E-state index >= 15 is 0 Å². The lowest BCUT2D eigenvalue weighted by Crippen LogP contribution is -2.37. The van der Waals surface area contributed by atoms with E-state index in [1.807, 2.05) is 6.07 Å². The zero-order chi connectivity index (χ0) is 14.8. The first-order valence-corrected chi connectivity index (χ1v) is 8.11. The number of aryl methyl sites for hydroxylation is 1. The van der Waals surface area contributed by atoms with Crippen molar-refractivity contribution >= 4 is 17.2 Å². The fourth-order valence-electron chi connectivity index (χ4n) is 2.71. The average molecular weight is 295 g/mol. The fourth-order valence-corrected chi connectivity index (χ4v) is 3.64. The second kappa shape index (κ2) is 6.24. The Labute approximate surface area is 125 Å². The Bertz CT molecular complexity index is 475. The third kappa shape index (κ3) is 3.40. The van der Waals surface area contributed by atoms with E-state index in [0.717, 1.165) is 19.6 Å². The summed E-state index contributed by atoms with van der Waals surface area (Å²) in [5.74, 6) is 5.00. The summed E-state index contributed by atoms with van der Waals surface area (Å²) in [4.78, 5) is 16.0. The van der Waals surface area contributed by atoms with Gasteiger partial charge in [-0.15, -0.1) is 11.3 Å². The smallest absolute Gasteiger partial charge is 0.275 e. The molecule has 1 aromatic rings. The van der Waals surface area contributed by atoms with Crippen LogP contribution in [0, 0.1) is 12.3 Å². The number of nitrogens with one attached hydrogen (secondary N) is 1. The molecule has 0 atom stereocenters. The summed E-state index contributed by atoms with van der Waals surface area (Å²) in [7, 11) is 0. The van der Waals surface area contributed by atoms with Gasteiger partial charge in [0.15, 0.2) is 0 Å². The highest BCUT2D eigenvalue weighted by molar-refractivity contribution is 7.14. The Balaban J connectivity index is 1.98. The molecule has 0 spiro atoms. The van der Waals surface area contributed by atoms with Gasteiger partial charge in [0.05, 0.1) is 4.88 Å². The number of hydrogen-bond acceptors (Lipinski definition) is 4. The molecular formula is C15H25N3OS. The maximum absolute atomic E-state index is 11.6. The van der Waals surface area contributed by atoms with E-state index in [4.69, 9.17) is 5.84 Å². The van der Waals surface area contributed by atoms with Crippen LogP contribution in [0.5, 0.6) is 0 Å². The van der Waals surface area contributed by atoms with E-state index in [-0.39, 0.29) is 5.91 Å². The van der Waals surface area contributed by atoms with Crippen molar-refractivity contribution < 1.29 is 4.79 Å². The van der Waals surface area contributed by atoms with Gasteiger partial charge in [-0.1, -0.05) is 20.3 Å². The number of carbonyl (C=O) groups excluding carboxylic acids is 1. The predicted octanol–water partition coefficient (Wildman–Crippen LogP) is 2.67. The lowest BCUT2D eigenvalue weighted by molar-refractivity contribution is 0.0957. The second-order valence-corrected chi connectivity index (χ2v) is 7.36. The van der Waals surface area contributed by atoms with Gasteiger partial charge in [0.1, 0.15) is 0 Å². The molecule has 0 aromatic carbocycles. The molecule has 1 saturated heterocycles. The highest BCUT2D eigenvalue weighted by Crippen LogP contribution is 2.34. The molecule has 1 aliphatic heterocycles. The van der Waals surface area contributed by atoms with Crippen LogP contribution in [0.4, 0.5) is 0 Å². The lowest BCUT2D eigenvalue weighted by Gasteiger charge is -2.38. The van der Waals surface area contributed by atoms with Crippen molar-refractivity contribution in [3.63, 3.8) is 0 Å². The first-order valence-electron chi connectivity index (χ1n) is 7.30. The van der Waals surface area contributed by atoms with Gasteiger partial charge in [-0.2, -0.15) is 0 Å². The standard InChI is InChI=1S/C15H25N3OS/c1-4-15(3)5-7-18(8-6-15)10-12-9-13(14(19)17-16)20-11(12)2/h9H,4-8,10,16H2,1-3H3,(H,17,19). The Morgan fingerprint density at radius 3 is 2.70 bits per heavy atom. The van der Waals surface area contributed by atoms with Gasteiger partial charge in [-0.05, 0) is 49.9 Å². The van der Waals surface area contributed by atoms with E-state index in [1.54, 1.807) is 0 Å². The predicted molar refractivity (Wildman–Crippen MR) is 83.6 cm³/mol. The summed E-state index contributed by atoms with van der Waals surface area (Å²) < 4.78 is 0. The number of rotatable bonds is 4. The zero-order valence-corrected chi connectivity index (χ0v) is 13.5. The van der Waals surface area contributed by atoms with Crippen molar-refractivity contribution in [1.82, 2.24) is 10.3 Å². The van der Waals surface area contributed by atoms with E-state index < -0.39 is 0 Å². The minimum absolute atomic E-state index is 0.193. The molecule has 0 unspecified atom stereocenters. The molecule has 0 radical (unpaired) electrons. The molecule has 3 N–H and O–H groups in total. The topological polar surface area (TPSA) is 58.4 Å². The van der Waals surface area contributed by atoms with E-state index in [9.17, 15) is 4.79 Å². The summed E-state index contributed by atoms with van der Waals surface area (Å²) in [5, 5.41) is 0. The van der Waals surface area contributed by atoms with Crippen LogP contribution < -0.4 is 11.3 Å². The fraction of sp³-hybridized carbons (Fsp3) is 0.667. The van der Waals surface area contributed by atoms with E-state index in [0.29, 0.717) is 10.3 Å². The molecule has 0 saturated carbocycles.